The molecule has 0 aliphatic rings. The molecule has 0 aliphatic carbocycles. The molecule has 4 heteroatoms. The van der Waals surface area contributed by atoms with Gasteiger partial charge in [-0.1, -0.05) is 6.58 Å². The van der Waals surface area contributed by atoms with Crippen molar-refractivity contribution >= 4 is 18.8 Å². The first-order valence-corrected chi connectivity index (χ1v) is 2.50. The first kappa shape index (κ1) is 5.37. The van der Waals surface area contributed by atoms with E-state index >= 15 is 0 Å². The van der Waals surface area contributed by atoms with Crippen LogP contribution >= 0.6 is 12.6 Å². The summed E-state index contributed by atoms with van der Waals surface area (Å²) in [5.41, 5.74) is 0. The predicted molar refractivity (Wildman–Crippen MR) is 33.7 cm³/mol. The minimum Gasteiger partial charge on any atom is -0.228 e. The van der Waals surface area contributed by atoms with Crippen LogP contribution in [0.25, 0.3) is 6.20 Å². The Bertz CT molecular complexity index is 193. The highest BCUT2D eigenvalue weighted by Crippen LogP contribution is 1.92. The summed E-state index contributed by atoms with van der Waals surface area (Å²) in [4.78, 5) is 3.73. The van der Waals surface area contributed by atoms with E-state index in [4.69, 9.17) is 0 Å². The van der Waals surface area contributed by atoms with E-state index in [0.29, 0.717) is 5.16 Å². The normalized spacial score (nSPS) is 9.12. The summed E-state index contributed by atoms with van der Waals surface area (Å²) >= 11 is 3.87. The maximum absolute atomic E-state index is 3.87. The molecule has 42 valence electrons. The van der Waals surface area contributed by atoms with E-state index < -0.39 is 0 Å². The molecule has 0 aromatic carbocycles. The molecule has 1 aromatic heterocycles. The average Bonchev–Trinajstić information content (AvgIpc) is 2.14. The minimum atomic E-state index is 0.463. The van der Waals surface area contributed by atoms with Gasteiger partial charge in [0.2, 0.25) is 5.16 Å². The molecule has 0 spiro atoms. The highest BCUT2D eigenvalue weighted by atomic mass is 32.1. The fraction of sp³-hybridized carbons (Fsp3) is 0. The fourth-order valence-electron chi connectivity index (χ4n) is 0.354. The van der Waals surface area contributed by atoms with Gasteiger partial charge in [-0.15, -0.1) is 17.7 Å². The lowest BCUT2D eigenvalue weighted by Crippen LogP contribution is -1.82. The van der Waals surface area contributed by atoms with Gasteiger partial charge in [0.15, 0.2) is 0 Å². The Balaban J connectivity index is 3.00. The van der Waals surface area contributed by atoms with Crippen molar-refractivity contribution in [3.63, 3.8) is 0 Å². The Morgan fingerprint density at radius 1 is 1.88 bits per heavy atom. The summed E-state index contributed by atoms with van der Waals surface area (Å²) in [6.45, 7) is 3.47. The Morgan fingerprint density at radius 3 is 2.88 bits per heavy atom. The number of thiol groups is 1. The van der Waals surface area contributed by atoms with Gasteiger partial charge in [-0.05, 0) is 0 Å². The van der Waals surface area contributed by atoms with Gasteiger partial charge in [0.1, 0.15) is 6.33 Å². The highest BCUT2D eigenvalue weighted by Gasteiger charge is 1.86. The molecule has 1 heterocycles. The van der Waals surface area contributed by atoms with Crippen LogP contribution in [0.15, 0.2) is 18.1 Å². The standard InChI is InChI=1S/C4H5N3S/c1-2-7-3-5-4(8)6-7/h2-3H,1H2,(H,6,8). The molecule has 0 fully saturated rings. The van der Waals surface area contributed by atoms with E-state index in [1.807, 2.05) is 0 Å². The van der Waals surface area contributed by atoms with Gasteiger partial charge in [0.25, 0.3) is 0 Å². The van der Waals surface area contributed by atoms with Crippen LogP contribution in [0.2, 0.25) is 0 Å². The predicted octanol–water partition coefficient (Wildman–Crippen LogP) is 0.667. The van der Waals surface area contributed by atoms with Crippen molar-refractivity contribution in [2.24, 2.45) is 0 Å². The van der Waals surface area contributed by atoms with E-state index in [-0.39, 0.29) is 0 Å². The minimum absolute atomic E-state index is 0.463. The third-order valence-corrected chi connectivity index (χ3v) is 0.888. The summed E-state index contributed by atoms with van der Waals surface area (Å²) in [5.74, 6) is 0. The first-order valence-electron chi connectivity index (χ1n) is 2.05. The van der Waals surface area contributed by atoms with Crippen LogP contribution in [0, 0.1) is 0 Å². The lowest BCUT2D eigenvalue weighted by atomic mass is 11.0. The van der Waals surface area contributed by atoms with E-state index in [0.717, 1.165) is 0 Å². The molecule has 0 N–H and O–H groups in total. The molecule has 0 saturated carbocycles. The van der Waals surface area contributed by atoms with Crippen molar-refractivity contribution in [1.29, 1.82) is 0 Å². The second-order valence-electron chi connectivity index (χ2n) is 1.21. The molecule has 0 radical (unpaired) electrons. The Morgan fingerprint density at radius 2 is 2.62 bits per heavy atom. The highest BCUT2D eigenvalue weighted by molar-refractivity contribution is 7.80. The maximum atomic E-state index is 3.87. The molecule has 1 aromatic rings. The molecule has 3 nitrogen and oxygen atoms in total. The molecule has 0 unspecified atom stereocenters. The van der Waals surface area contributed by atoms with Crippen LogP contribution in [0.1, 0.15) is 0 Å². The Labute approximate surface area is 52.5 Å². The number of nitrogens with zero attached hydrogens (tertiary/aromatic N) is 3. The zero-order valence-electron chi connectivity index (χ0n) is 4.15. The molecule has 0 aliphatic heterocycles. The SMILES string of the molecule is C=Cn1cnc(S)n1. The van der Waals surface area contributed by atoms with Crippen molar-refractivity contribution in [2.45, 2.75) is 5.16 Å². The lowest BCUT2D eigenvalue weighted by molar-refractivity contribution is 0.880. The van der Waals surface area contributed by atoms with E-state index in [1.54, 1.807) is 6.20 Å². The molecular weight excluding hydrogens is 122 g/mol. The quantitative estimate of drug-likeness (QED) is 0.562. The lowest BCUT2D eigenvalue weighted by Gasteiger charge is -1.79. The second-order valence-corrected chi connectivity index (χ2v) is 1.61. The Hall–Kier alpha value is -0.770. The second kappa shape index (κ2) is 2.00. The van der Waals surface area contributed by atoms with Crippen molar-refractivity contribution < 1.29 is 0 Å². The van der Waals surface area contributed by atoms with Gasteiger partial charge in [0, 0.05) is 6.20 Å². The first-order chi connectivity index (χ1) is 3.83. The van der Waals surface area contributed by atoms with Crippen LogP contribution in [0.4, 0.5) is 0 Å². The van der Waals surface area contributed by atoms with Gasteiger partial charge in [-0.3, -0.25) is 0 Å². The van der Waals surface area contributed by atoms with E-state index in [9.17, 15) is 0 Å². The molecule has 0 atom stereocenters. The van der Waals surface area contributed by atoms with E-state index in [1.165, 1.54) is 11.0 Å². The summed E-state index contributed by atoms with van der Waals surface area (Å²) in [6.07, 6.45) is 3.09. The summed E-state index contributed by atoms with van der Waals surface area (Å²) in [6, 6.07) is 0. The summed E-state index contributed by atoms with van der Waals surface area (Å²) < 4.78 is 1.49. The topological polar surface area (TPSA) is 30.7 Å². The van der Waals surface area contributed by atoms with Crippen molar-refractivity contribution in [3.05, 3.63) is 12.9 Å². The summed E-state index contributed by atoms with van der Waals surface area (Å²) in [7, 11) is 0. The van der Waals surface area contributed by atoms with Crippen LogP contribution < -0.4 is 0 Å². The largest absolute Gasteiger partial charge is 0.228 e. The smallest absolute Gasteiger partial charge is 0.205 e. The number of hydrogen-bond acceptors (Lipinski definition) is 3. The zero-order valence-corrected chi connectivity index (χ0v) is 5.05. The fourth-order valence-corrected chi connectivity index (χ4v) is 0.509. The van der Waals surface area contributed by atoms with Gasteiger partial charge < -0.3 is 0 Å². The molecule has 0 bridgehead atoms. The van der Waals surface area contributed by atoms with Crippen LogP contribution in [-0.4, -0.2) is 14.8 Å². The van der Waals surface area contributed by atoms with Crippen LogP contribution in [0.5, 0.6) is 0 Å². The number of rotatable bonds is 1. The molecular formula is C4H5N3S. The zero-order chi connectivity index (χ0) is 5.98. The number of hydrogen-bond donors (Lipinski definition) is 1. The van der Waals surface area contributed by atoms with Crippen molar-refractivity contribution in [1.82, 2.24) is 14.8 Å². The average molecular weight is 127 g/mol. The van der Waals surface area contributed by atoms with Gasteiger partial charge >= 0.3 is 0 Å². The van der Waals surface area contributed by atoms with E-state index in [2.05, 4.69) is 29.3 Å². The third kappa shape index (κ3) is 0.894. The van der Waals surface area contributed by atoms with Crippen LogP contribution in [-0.2, 0) is 0 Å². The van der Waals surface area contributed by atoms with Crippen molar-refractivity contribution in [3.8, 4) is 0 Å². The Kier molecular flexibility index (Phi) is 1.34. The molecule has 0 saturated heterocycles. The van der Waals surface area contributed by atoms with Gasteiger partial charge in [-0.25, -0.2) is 9.67 Å². The molecule has 1 rings (SSSR count). The van der Waals surface area contributed by atoms with Gasteiger partial charge in [0.05, 0.1) is 0 Å². The molecule has 0 amide bonds. The van der Waals surface area contributed by atoms with Crippen LogP contribution in [0.3, 0.4) is 0 Å². The monoisotopic (exact) mass is 127 g/mol. The maximum Gasteiger partial charge on any atom is 0.205 e. The number of aromatic nitrogens is 3. The van der Waals surface area contributed by atoms with Gasteiger partial charge in [-0.2, -0.15) is 0 Å². The summed E-state index contributed by atoms with van der Waals surface area (Å²) in [5, 5.41) is 4.24. The third-order valence-electron chi connectivity index (χ3n) is 0.683. The molecule has 8 heavy (non-hydrogen) atoms. The van der Waals surface area contributed by atoms with Crippen molar-refractivity contribution in [2.75, 3.05) is 0 Å².